The maximum Gasteiger partial charge on any atom is 0.0959 e. The van der Waals surface area contributed by atoms with E-state index >= 15 is 0 Å². The SMILES string of the molecule is C#C[C@H]1CCC2C3CCC4=C(CC=C(OC)C4)C3CC[C@@]21C. The van der Waals surface area contributed by atoms with E-state index in [1.165, 1.54) is 44.3 Å². The van der Waals surface area contributed by atoms with Crippen LogP contribution in [0.15, 0.2) is 23.0 Å². The number of hydrogen-bond donors (Lipinski definition) is 0. The summed E-state index contributed by atoms with van der Waals surface area (Å²) < 4.78 is 5.49. The molecule has 0 bridgehead atoms. The molecule has 1 nitrogen and oxygen atoms in total. The van der Waals surface area contributed by atoms with Gasteiger partial charge in [-0.15, -0.1) is 12.3 Å². The third kappa shape index (κ3) is 1.92. The molecule has 4 aliphatic rings. The number of terminal acetylenes is 1. The van der Waals surface area contributed by atoms with Gasteiger partial charge in [-0.1, -0.05) is 18.1 Å². The molecule has 0 spiro atoms. The lowest BCUT2D eigenvalue weighted by Crippen LogP contribution is -2.43. The van der Waals surface area contributed by atoms with Crippen LogP contribution < -0.4 is 0 Å². The lowest BCUT2D eigenvalue weighted by molar-refractivity contribution is 0.0273. The Labute approximate surface area is 135 Å². The number of allylic oxidation sites excluding steroid dienone is 3. The molecule has 0 N–H and O–H groups in total. The smallest absolute Gasteiger partial charge is 0.0959 e. The van der Waals surface area contributed by atoms with Crippen molar-refractivity contribution in [2.45, 2.75) is 58.3 Å². The van der Waals surface area contributed by atoms with Gasteiger partial charge < -0.3 is 4.74 Å². The fourth-order valence-electron chi connectivity index (χ4n) is 6.32. The molecule has 4 rings (SSSR count). The van der Waals surface area contributed by atoms with Crippen LogP contribution in [-0.2, 0) is 4.74 Å². The normalized spacial score (nSPS) is 43.6. The predicted octanol–water partition coefficient (Wildman–Crippen LogP) is 5.09. The first-order valence-electron chi connectivity index (χ1n) is 9.07. The van der Waals surface area contributed by atoms with Crippen LogP contribution in [0.5, 0.6) is 0 Å². The van der Waals surface area contributed by atoms with E-state index in [-0.39, 0.29) is 0 Å². The van der Waals surface area contributed by atoms with Gasteiger partial charge in [-0.05, 0) is 74.2 Å². The van der Waals surface area contributed by atoms with Crippen molar-refractivity contribution in [2.24, 2.45) is 29.1 Å². The quantitative estimate of drug-likeness (QED) is 0.483. The van der Waals surface area contributed by atoms with Crippen molar-refractivity contribution in [1.82, 2.24) is 0 Å². The molecule has 0 aromatic heterocycles. The van der Waals surface area contributed by atoms with E-state index in [4.69, 9.17) is 11.2 Å². The van der Waals surface area contributed by atoms with Crippen molar-refractivity contribution in [3.05, 3.63) is 23.0 Å². The highest BCUT2D eigenvalue weighted by molar-refractivity contribution is 5.33. The molecule has 2 saturated carbocycles. The lowest BCUT2D eigenvalue weighted by Gasteiger charge is -2.51. The molecular formula is C21H28O. The van der Waals surface area contributed by atoms with Crippen molar-refractivity contribution < 1.29 is 4.74 Å². The molecule has 118 valence electrons. The molecule has 0 radical (unpaired) electrons. The van der Waals surface area contributed by atoms with Gasteiger partial charge in [0.1, 0.15) is 0 Å². The van der Waals surface area contributed by atoms with E-state index in [1.807, 2.05) is 7.11 Å². The van der Waals surface area contributed by atoms with Gasteiger partial charge in [0.25, 0.3) is 0 Å². The zero-order valence-electron chi connectivity index (χ0n) is 14.0. The first-order valence-corrected chi connectivity index (χ1v) is 9.07. The molecule has 5 atom stereocenters. The van der Waals surface area contributed by atoms with E-state index in [0.717, 1.165) is 30.6 Å². The van der Waals surface area contributed by atoms with E-state index < -0.39 is 0 Å². The summed E-state index contributed by atoms with van der Waals surface area (Å²) in [4.78, 5) is 0. The fraction of sp³-hybridized carbons (Fsp3) is 0.714. The molecule has 0 heterocycles. The second-order valence-electron chi connectivity index (χ2n) is 8.14. The summed E-state index contributed by atoms with van der Waals surface area (Å²) in [6.45, 7) is 2.50. The van der Waals surface area contributed by atoms with Crippen molar-refractivity contribution in [3.63, 3.8) is 0 Å². The lowest BCUT2D eigenvalue weighted by atomic mass is 9.53. The number of hydrogen-bond acceptors (Lipinski definition) is 1. The molecule has 0 aromatic carbocycles. The Hall–Kier alpha value is -1.16. The summed E-state index contributed by atoms with van der Waals surface area (Å²) in [6, 6.07) is 0. The number of ether oxygens (including phenoxy) is 1. The Morgan fingerprint density at radius 3 is 2.91 bits per heavy atom. The summed E-state index contributed by atoms with van der Waals surface area (Å²) in [5.74, 6) is 7.45. The average molecular weight is 296 g/mol. The van der Waals surface area contributed by atoms with Gasteiger partial charge in [0.2, 0.25) is 0 Å². The summed E-state index contributed by atoms with van der Waals surface area (Å²) in [5.41, 5.74) is 3.91. The molecule has 0 amide bonds. The van der Waals surface area contributed by atoms with Crippen LogP contribution in [0.4, 0.5) is 0 Å². The van der Waals surface area contributed by atoms with Crippen LogP contribution in [0.2, 0.25) is 0 Å². The average Bonchev–Trinajstić information content (AvgIpc) is 2.90. The topological polar surface area (TPSA) is 9.23 Å². The van der Waals surface area contributed by atoms with Crippen molar-refractivity contribution >= 4 is 0 Å². The fourth-order valence-corrected chi connectivity index (χ4v) is 6.32. The number of fused-ring (bicyclic) bond motifs is 4. The summed E-state index contributed by atoms with van der Waals surface area (Å²) >= 11 is 0. The Bertz CT molecular complexity index is 575. The molecule has 4 aliphatic carbocycles. The molecule has 22 heavy (non-hydrogen) atoms. The maximum atomic E-state index is 5.85. The first-order chi connectivity index (χ1) is 10.7. The van der Waals surface area contributed by atoms with Crippen LogP contribution in [0, 0.1) is 41.4 Å². The highest BCUT2D eigenvalue weighted by Crippen LogP contribution is 2.62. The molecular weight excluding hydrogens is 268 g/mol. The molecule has 1 heteroatoms. The van der Waals surface area contributed by atoms with Gasteiger partial charge in [-0.3, -0.25) is 0 Å². The summed E-state index contributed by atoms with van der Waals surface area (Å²) in [6.07, 6.45) is 18.4. The summed E-state index contributed by atoms with van der Waals surface area (Å²) in [7, 11) is 1.81. The minimum Gasteiger partial charge on any atom is -0.501 e. The summed E-state index contributed by atoms with van der Waals surface area (Å²) in [5, 5.41) is 0. The highest BCUT2D eigenvalue weighted by atomic mass is 16.5. The highest BCUT2D eigenvalue weighted by Gasteiger charge is 2.54. The molecule has 0 aromatic rings. The minimum atomic E-state index is 0.427. The monoisotopic (exact) mass is 296 g/mol. The third-order valence-corrected chi connectivity index (χ3v) is 7.52. The Kier molecular flexibility index (Phi) is 3.40. The van der Waals surface area contributed by atoms with E-state index in [9.17, 15) is 0 Å². The number of rotatable bonds is 1. The van der Waals surface area contributed by atoms with Crippen LogP contribution in [0.3, 0.4) is 0 Å². The molecule has 0 saturated heterocycles. The Morgan fingerprint density at radius 1 is 1.27 bits per heavy atom. The first kappa shape index (κ1) is 14.4. The Morgan fingerprint density at radius 2 is 2.14 bits per heavy atom. The largest absolute Gasteiger partial charge is 0.501 e. The number of methoxy groups -OCH3 is 1. The van der Waals surface area contributed by atoms with Crippen LogP contribution in [0.25, 0.3) is 0 Å². The molecule has 2 fully saturated rings. The van der Waals surface area contributed by atoms with E-state index in [1.54, 1.807) is 11.1 Å². The molecule has 3 unspecified atom stereocenters. The minimum absolute atomic E-state index is 0.427. The molecule has 0 aliphatic heterocycles. The van der Waals surface area contributed by atoms with Crippen LogP contribution >= 0.6 is 0 Å². The van der Waals surface area contributed by atoms with Gasteiger partial charge >= 0.3 is 0 Å². The van der Waals surface area contributed by atoms with Crippen molar-refractivity contribution in [2.75, 3.05) is 7.11 Å². The standard InChI is InChI=1S/C21H28O/c1-4-15-6-10-20-19-8-5-14-13-16(22-3)7-9-17(14)18(19)11-12-21(15,20)2/h1,7,15,18-20H,5-6,8-13H2,2-3H3/t15-,18?,19?,20?,21+/m0/s1. The van der Waals surface area contributed by atoms with Crippen molar-refractivity contribution in [3.8, 4) is 12.3 Å². The second kappa shape index (κ2) is 5.19. The predicted molar refractivity (Wildman–Crippen MR) is 90.0 cm³/mol. The Balaban J connectivity index is 1.61. The zero-order valence-corrected chi connectivity index (χ0v) is 14.0. The van der Waals surface area contributed by atoms with Gasteiger partial charge in [-0.25, -0.2) is 0 Å². The van der Waals surface area contributed by atoms with Gasteiger partial charge in [-0.2, -0.15) is 0 Å². The van der Waals surface area contributed by atoms with Gasteiger partial charge in [0.05, 0.1) is 12.9 Å². The van der Waals surface area contributed by atoms with E-state index in [2.05, 4.69) is 18.9 Å². The third-order valence-electron chi connectivity index (χ3n) is 7.52. The zero-order chi connectivity index (χ0) is 15.3. The van der Waals surface area contributed by atoms with E-state index in [0.29, 0.717) is 11.3 Å². The van der Waals surface area contributed by atoms with Gasteiger partial charge in [0.15, 0.2) is 0 Å². The van der Waals surface area contributed by atoms with Crippen LogP contribution in [0.1, 0.15) is 58.3 Å². The maximum absolute atomic E-state index is 5.85. The van der Waals surface area contributed by atoms with Crippen molar-refractivity contribution in [1.29, 1.82) is 0 Å². The second-order valence-corrected chi connectivity index (χ2v) is 8.14. The van der Waals surface area contributed by atoms with Gasteiger partial charge in [0, 0.05) is 12.3 Å². The van der Waals surface area contributed by atoms with Crippen LogP contribution in [-0.4, -0.2) is 7.11 Å².